The molecule has 0 saturated carbocycles. The fourth-order valence-electron chi connectivity index (χ4n) is 3.19. The molecular weight excluding hydrogens is 471 g/mol. The van der Waals surface area contributed by atoms with Crippen molar-refractivity contribution in [3.05, 3.63) is 82.8 Å². The highest BCUT2D eigenvalue weighted by atomic mass is 35.5. The van der Waals surface area contributed by atoms with Gasteiger partial charge in [0.2, 0.25) is 0 Å². The van der Waals surface area contributed by atoms with Gasteiger partial charge in [-0.2, -0.15) is 0 Å². The highest BCUT2D eigenvalue weighted by Gasteiger charge is 2.07. The Morgan fingerprint density at radius 2 is 0.765 bits per heavy atom. The van der Waals surface area contributed by atoms with E-state index in [0.29, 0.717) is 44.3 Å². The number of anilines is 4. The molecule has 0 aliphatic carbocycles. The molecule has 176 valence electrons. The van der Waals surface area contributed by atoms with Gasteiger partial charge < -0.3 is 32.4 Å². The van der Waals surface area contributed by atoms with Crippen LogP contribution in [0.15, 0.2) is 72.8 Å². The minimum absolute atomic E-state index is 0.533. The molecule has 8 N–H and O–H groups in total. The van der Waals surface area contributed by atoms with E-state index in [1.54, 1.807) is 38.5 Å². The minimum atomic E-state index is 0.533. The molecule has 4 rings (SSSR count). The first-order valence-corrected chi connectivity index (χ1v) is 11.0. The Balaban J connectivity index is 0.000000192. The van der Waals surface area contributed by atoms with Crippen molar-refractivity contribution in [3.8, 4) is 33.8 Å². The predicted molar refractivity (Wildman–Crippen MR) is 145 cm³/mol. The number of benzene rings is 4. The van der Waals surface area contributed by atoms with E-state index >= 15 is 0 Å². The zero-order chi connectivity index (χ0) is 24.8. The van der Waals surface area contributed by atoms with E-state index in [4.69, 9.17) is 55.6 Å². The molecule has 0 aliphatic rings. The van der Waals surface area contributed by atoms with Crippen LogP contribution < -0.4 is 32.4 Å². The number of hydrogen-bond donors (Lipinski definition) is 4. The fourth-order valence-corrected chi connectivity index (χ4v) is 3.56. The van der Waals surface area contributed by atoms with Gasteiger partial charge in [0, 0.05) is 0 Å². The largest absolute Gasteiger partial charge is 0.495 e. The quantitative estimate of drug-likeness (QED) is 0.243. The first kappa shape index (κ1) is 24.9. The summed E-state index contributed by atoms with van der Waals surface area (Å²) in [6.45, 7) is 0. The van der Waals surface area contributed by atoms with Gasteiger partial charge in [-0.3, -0.25) is 0 Å². The summed E-state index contributed by atoms with van der Waals surface area (Å²) in [5, 5.41) is 1.07. The molecule has 0 amide bonds. The van der Waals surface area contributed by atoms with Gasteiger partial charge in [-0.15, -0.1) is 0 Å². The summed E-state index contributed by atoms with van der Waals surface area (Å²) in [6, 6.07) is 22.2. The number of ether oxygens (including phenoxy) is 2. The standard InChI is InChI=1S/C14H16N2O2.C12H10Cl2N2/c1-17-13-7-9(3-5-11(13)15)10-4-6-12(16)14(8-10)18-2;13-9-5-7(1-3-11(9)15)8-2-4-12(16)10(14)6-8/h3-8H,15-16H2,1-2H3;1-6H,15-16H2. The molecule has 6 nitrogen and oxygen atoms in total. The molecule has 0 saturated heterocycles. The van der Waals surface area contributed by atoms with Gasteiger partial charge in [0.05, 0.1) is 47.0 Å². The summed E-state index contributed by atoms with van der Waals surface area (Å²) in [5.74, 6) is 1.31. The normalized spacial score (nSPS) is 10.2. The van der Waals surface area contributed by atoms with Crippen LogP contribution in [0, 0.1) is 0 Å². The van der Waals surface area contributed by atoms with Crippen molar-refractivity contribution < 1.29 is 9.47 Å². The van der Waals surface area contributed by atoms with Gasteiger partial charge in [0.15, 0.2) is 0 Å². The molecule has 0 bridgehead atoms. The number of rotatable bonds is 4. The second-order valence-corrected chi connectivity index (χ2v) is 8.20. The third kappa shape index (κ3) is 5.78. The maximum Gasteiger partial charge on any atom is 0.142 e. The lowest BCUT2D eigenvalue weighted by atomic mass is 10.0. The van der Waals surface area contributed by atoms with Crippen LogP contribution in [0.4, 0.5) is 22.7 Å². The topological polar surface area (TPSA) is 123 Å². The molecule has 0 aliphatic heterocycles. The van der Waals surface area contributed by atoms with E-state index < -0.39 is 0 Å². The van der Waals surface area contributed by atoms with E-state index in [-0.39, 0.29) is 0 Å². The average Bonchev–Trinajstić information content (AvgIpc) is 2.84. The maximum atomic E-state index is 5.95. The molecule has 4 aromatic carbocycles. The van der Waals surface area contributed by atoms with E-state index in [1.165, 1.54) is 0 Å². The van der Waals surface area contributed by atoms with E-state index in [1.807, 2.05) is 48.5 Å². The molecule has 0 atom stereocenters. The average molecular weight is 497 g/mol. The fraction of sp³-hybridized carbons (Fsp3) is 0.0769. The number of nitrogen functional groups attached to an aromatic ring is 4. The zero-order valence-corrected chi connectivity index (χ0v) is 20.3. The predicted octanol–water partition coefficient (Wildman–Crippen LogP) is 6.36. The molecule has 34 heavy (non-hydrogen) atoms. The molecule has 0 unspecified atom stereocenters. The Hall–Kier alpha value is -3.74. The van der Waals surface area contributed by atoms with Crippen molar-refractivity contribution in [2.24, 2.45) is 0 Å². The molecule has 0 heterocycles. The molecular formula is C26H26Cl2N4O2. The summed E-state index contributed by atoms with van der Waals surface area (Å²) in [7, 11) is 3.19. The van der Waals surface area contributed by atoms with Crippen LogP contribution in [0.2, 0.25) is 10.0 Å². The van der Waals surface area contributed by atoms with Crippen molar-refractivity contribution in [3.63, 3.8) is 0 Å². The smallest absolute Gasteiger partial charge is 0.142 e. The van der Waals surface area contributed by atoms with Crippen molar-refractivity contribution in [1.82, 2.24) is 0 Å². The molecule has 0 fully saturated rings. The second-order valence-electron chi connectivity index (χ2n) is 7.39. The van der Waals surface area contributed by atoms with Crippen LogP contribution in [0.3, 0.4) is 0 Å². The molecule has 0 spiro atoms. The Labute approximate surface area is 209 Å². The van der Waals surface area contributed by atoms with Gasteiger partial charge in [0.1, 0.15) is 11.5 Å². The van der Waals surface area contributed by atoms with Crippen LogP contribution in [0.1, 0.15) is 0 Å². The Morgan fingerprint density at radius 3 is 1.06 bits per heavy atom. The van der Waals surface area contributed by atoms with Gasteiger partial charge in [-0.1, -0.05) is 47.5 Å². The van der Waals surface area contributed by atoms with Crippen LogP contribution in [0.25, 0.3) is 22.3 Å². The maximum absolute atomic E-state index is 5.95. The van der Waals surface area contributed by atoms with Crippen LogP contribution >= 0.6 is 23.2 Å². The number of hydrogen-bond acceptors (Lipinski definition) is 6. The Bertz CT molecular complexity index is 1210. The van der Waals surface area contributed by atoms with Crippen molar-refractivity contribution >= 4 is 46.0 Å². The number of halogens is 2. The van der Waals surface area contributed by atoms with Crippen molar-refractivity contribution in [2.75, 3.05) is 37.2 Å². The first-order chi connectivity index (χ1) is 16.2. The summed E-state index contributed by atoms with van der Waals surface area (Å²) in [4.78, 5) is 0. The van der Waals surface area contributed by atoms with Crippen LogP contribution in [0.5, 0.6) is 11.5 Å². The van der Waals surface area contributed by atoms with E-state index in [0.717, 1.165) is 22.3 Å². The SMILES string of the molecule is COc1cc(-c2ccc(N)c(OC)c2)ccc1N.Nc1ccc(-c2ccc(N)c(Cl)c2)cc1Cl. The third-order valence-corrected chi connectivity index (χ3v) is 5.79. The summed E-state index contributed by atoms with van der Waals surface area (Å²) in [6.07, 6.45) is 0. The van der Waals surface area contributed by atoms with Gasteiger partial charge in [-0.25, -0.2) is 0 Å². The molecule has 0 aromatic heterocycles. The summed E-state index contributed by atoms with van der Waals surface area (Å²) in [5.41, 5.74) is 29.1. The second kappa shape index (κ2) is 10.9. The summed E-state index contributed by atoms with van der Waals surface area (Å²) < 4.78 is 10.4. The highest BCUT2D eigenvalue weighted by molar-refractivity contribution is 6.34. The monoisotopic (exact) mass is 496 g/mol. The lowest BCUT2D eigenvalue weighted by Gasteiger charge is -2.10. The Morgan fingerprint density at radius 1 is 0.471 bits per heavy atom. The summed E-state index contributed by atoms with van der Waals surface area (Å²) >= 11 is 11.9. The molecule has 8 heteroatoms. The van der Waals surface area contributed by atoms with Gasteiger partial charge in [-0.05, 0) is 70.8 Å². The lowest BCUT2D eigenvalue weighted by Crippen LogP contribution is -1.94. The Kier molecular flexibility index (Phi) is 7.99. The first-order valence-electron chi connectivity index (χ1n) is 10.2. The minimum Gasteiger partial charge on any atom is -0.495 e. The van der Waals surface area contributed by atoms with Crippen molar-refractivity contribution in [2.45, 2.75) is 0 Å². The zero-order valence-electron chi connectivity index (χ0n) is 18.8. The number of methoxy groups -OCH3 is 2. The highest BCUT2D eigenvalue weighted by Crippen LogP contribution is 2.33. The van der Waals surface area contributed by atoms with E-state index in [9.17, 15) is 0 Å². The third-order valence-electron chi connectivity index (χ3n) is 5.13. The van der Waals surface area contributed by atoms with Crippen molar-refractivity contribution in [1.29, 1.82) is 0 Å². The van der Waals surface area contributed by atoms with Gasteiger partial charge in [0.25, 0.3) is 0 Å². The number of nitrogens with two attached hydrogens (primary N) is 4. The van der Waals surface area contributed by atoms with Crippen LogP contribution in [-0.2, 0) is 0 Å². The molecule has 4 aromatic rings. The van der Waals surface area contributed by atoms with E-state index in [2.05, 4.69) is 0 Å². The van der Waals surface area contributed by atoms with Gasteiger partial charge >= 0.3 is 0 Å². The van der Waals surface area contributed by atoms with Crippen LogP contribution in [-0.4, -0.2) is 14.2 Å². The molecule has 0 radical (unpaired) electrons. The lowest BCUT2D eigenvalue weighted by molar-refractivity contribution is 0.416.